The monoisotopic (exact) mass is 319 g/mol. The SMILES string of the molecule is CC(C(=O)c1cccc(Cl)c1)N(C(C)(C)C)P(=O)(O)O. The molecule has 0 saturated carbocycles. The summed E-state index contributed by atoms with van der Waals surface area (Å²) in [6.45, 7) is 6.42. The van der Waals surface area contributed by atoms with Crippen molar-refractivity contribution in [2.75, 3.05) is 0 Å². The van der Waals surface area contributed by atoms with E-state index in [9.17, 15) is 19.1 Å². The average molecular weight is 320 g/mol. The number of rotatable bonds is 4. The predicted molar refractivity (Wildman–Crippen MR) is 78.9 cm³/mol. The van der Waals surface area contributed by atoms with Crippen molar-refractivity contribution in [2.24, 2.45) is 0 Å². The van der Waals surface area contributed by atoms with E-state index < -0.39 is 19.3 Å². The Morgan fingerprint density at radius 1 is 1.35 bits per heavy atom. The topological polar surface area (TPSA) is 77.8 Å². The lowest BCUT2D eigenvalue weighted by molar-refractivity contribution is 0.0785. The number of hydrogen-bond donors (Lipinski definition) is 2. The summed E-state index contributed by atoms with van der Waals surface area (Å²) in [5.41, 5.74) is -0.528. The summed E-state index contributed by atoms with van der Waals surface area (Å²) in [5.74, 6) is -0.384. The van der Waals surface area contributed by atoms with Gasteiger partial charge in [0.25, 0.3) is 0 Å². The lowest BCUT2D eigenvalue weighted by atomic mass is 10.0. The lowest BCUT2D eigenvalue weighted by Crippen LogP contribution is -2.47. The molecule has 0 bridgehead atoms. The number of nitrogens with zero attached hydrogens (tertiary/aromatic N) is 1. The molecule has 1 aromatic carbocycles. The maximum Gasteiger partial charge on any atom is 0.404 e. The zero-order valence-corrected chi connectivity index (χ0v) is 13.5. The van der Waals surface area contributed by atoms with E-state index >= 15 is 0 Å². The van der Waals surface area contributed by atoms with Crippen LogP contribution in [0.25, 0.3) is 0 Å². The van der Waals surface area contributed by atoms with E-state index in [1.165, 1.54) is 13.0 Å². The molecule has 0 radical (unpaired) electrons. The molecule has 0 aliphatic rings. The third-order valence-electron chi connectivity index (χ3n) is 2.82. The van der Waals surface area contributed by atoms with Crippen LogP contribution in [0.1, 0.15) is 38.1 Å². The van der Waals surface area contributed by atoms with Gasteiger partial charge in [-0.05, 0) is 39.8 Å². The van der Waals surface area contributed by atoms with E-state index in [0.29, 0.717) is 10.6 Å². The summed E-state index contributed by atoms with van der Waals surface area (Å²) in [6, 6.07) is 5.36. The standard InChI is InChI=1S/C13H19ClNO4P/c1-9(15(13(2,3)4)20(17,18)19)12(16)10-6-5-7-11(14)8-10/h5-9H,1-4H3,(H2,17,18,19). The molecule has 1 rings (SSSR count). The second-order valence-corrected chi connectivity index (χ2v) is 7.47. The molecule has 7 heteroatoms. The van der Waals surface area contributed by atoms with Gasteiger partial charge in [-0.15, -0.1) is 0 Å². The molecule has 112 valence electrons. The minimum Gasteiger partial charge on any atom is -0.312 e. The molecule has 0 amide bonds. The van der Waals surface area contributed by atoms with Gasteiger partial charge < -0.3 is 9.79 Å². The Labute approximate surface area is 123 Å². The van der Waals surface area contributed by atoms with Crippen molar-refractivity contribution in [3.8, 4) is 0 Å². The third kappa shape index (κ3) is 4.14. The molecule has 0 aliphatic carbocycles. The first-order valence-corrected chi connectivity index (χ1v) is 8.04. The number of ketones is 1. The smallest absolute Gasteiger partial charge is 0.312 e. The molecule has 0 aliphatic heterocycles. The summed E-state index contributed by atoms with van der Waals surface area (Å²) < 4.78 is 12.6. The van der Waals surface area contributed by atoms with Gasteiger partial charge in [0.2, 0.25) is 0 Å². The van der Waals surface area contributed by atoms with Crippen LogP contribution >= 0.6 is 19.3 Å². The largest absolute Gasteiger partial charge is 0.404 e. The molecule has 1 unspecified atom stereocenters. The van der Waals surface area contributed by atoms with E-state index in [1.54, 1.807) is 39.0 Å². The molecular formula is C13H19ClNO4P. The summed E-state index contributed by atoms with van der Waals surface area (Å²) in [6.07, 6.45) is 0. The Balaban J connectivity index is 3.17. The average Bonchev–Trinajstić information content (AvgIpc) is 2.23. The van der Waals surface area contributed by atoms with Gasteiger partial charge in [-0.25, -0.2) is 4.57 Å². The van der Waals surface area contributed by atoms with E-state index in [0.717, 1.165) is 4.67 Å². The minimum atomic E-state index is -4.56. The van der Waals surface area contributed by atoms with Crippen LogP contribution in [-0.4, -0.2) is 31.8 Å². The van der Waals surface area contributed by atoms with Gasteiger partial charge in [0.15, 0.2) is 5.78 Å². The van der Waals surface area contributed by atoms with Gasteiger partial charge in [0, 0.05) is 16.1 Å². The zero-order valence-electron chi connectivity index (χ0n) is 11.9. The first-order valence-electron chi connectivity index (χ1n) is 6.09. The molecular weight excluding hydrogens is 301 g/mol. The predicted octanol–water partition coefficient (Wildman–Crippen LogP) is 3.10. The first-order chi connectivity index (χ1) is 8.94. The van der Waals surface area contributed by atoms with Gasteiger partial charge in [0.05, 0.1) is 6.04 Å². The molecule has 0 spiro atoms. The maximum atomic E-state index is 12.4. The van der Waals surface area contributed by atoms with Crippen LogP contribution in [0.2, 0.25) is 5.02 Å². The van der Waals surface area contributed by atoms with Crippen LogP contribution in [-0.2, 0) is 4.57 Å². The zero-order chi connectivity index (χ0) is 15.7. The second kappa shape index (κ2) is 5.96. The van der Waals surface area contributed by atoms with Crippen LogP contribution in [0.15, 0.2) is 24.3 Å². The summed E-state index contributed by atoms with van der Waals surface area (Å²) in [5, 5.41) is 0.404. The van der Waals surface area contributed by atoms with Gasteiger partial charge in [-0.3, -0.25) is 4.79 Å². The highest BCUT2D eigenvalue weighted by atomic mass is 35.5. The fourth-order valence-corrected chi connectivity index (χ4v) is 3.72. The second-order valence-electron chi connectivity index (χ2n) is 5.58. The van der Waals surface area contributed by atoms with Gasteiger partial charge >= 0.3 is 7.75 Å². The normalized spacial score (nSPS) is 14.4. The van der Waals surface area contributed by atoms with Gasteiger partial charge in [-0.2, -0.15) is 4.67 Å². The van der Waals surface area contributed by atoms with Crippen molar-refractivity contribution >= 4 is 25.1 Å². The van der Waals surface area contributed by atoms with E-state index in [1.807, 2.05) is 0 Å². The maximum absolute atomic E-state index is 12.4. The Morgan fingerprint density at radius 2 is 1.90 bits per heavy atom. The lowest BCUT2D eigenvalue weighted by Gasteiger charge is -2.39. The van der Waals surface area contributed by atoms with Crippen LogP contribution < -0.4 is 0 Å². The van der Waals surface area contributed by atoms with Crippen molar-refractivity contribution in [3.05, 3.63) is 34.9 Å². The molecule has 0 fully saturated rings. The molecule has 1 aromatic rings. The van der Waals surface area contributed by atoms with Crippen molar-refractivity contribution < 1.29 is 19.1 Å². The minimum absolute atomic E-state index is 0.327. The number of carbonyl (C=O) groups excluding carboxylic acids is 1. The van der Waals surface area contributed by atoms with Crippen molar-refractivity contribution in [2.45, 2.75) is 39.3 Å². The summed E-state index contributed by atoms with van der Waals surface area (Å²) in [7, 11) is -4.56. The van der Waals surface area contributed by atoms with E-state index in [2.05, 4.69) is 0 Å². The Hall–Kier alpha value is -0.710. The Morgan fingerprint density at radius 3 is 2.30 bits per heavy atom. The van der Waals surface area contributed by atoms with E-state index in [-0.39, 0.29) is 5.78 Å². The fourth-order valence-electron chi connectivity index (χ4n) is 2.19. The molecule has 0 heterocycles. The van der Waals surface area contributed by atoms with Crippen LogP contribution in [0, 0.1) is 0 Å². The number of halogens is 1. The molecule has 2 N–H and O–H groups in total. The van der Waals surface area contributed by atoms with Crippen LogP contribution in [0.5, 0.6) is 0 Å². The number of benzene rings is 1. The van der Waals surface area contributed by atoms with Gasteiger partial charge in [-0.1, -0.05) is 23.7 Å². The first kappa shape index (κ1) is 17.3. The number of hydrogen-bond acceptors (Lipinski definition) is 2. The number of carbonyl (C=O) groups is 1. The van der Waals surface area contributed by atoms with Crippen molar-refractivity contribution in [3.63, 3.8) is 0 Å². The molecule has 5 nitrogen and oxygen atoms in total. The molecule has 0 aromatic heterocycles. The van der Waals surface area contributed by atoms with E-state index in [4.69, 9.17) is 11.6 Å². The van der Waals surface area contributed by atoms with Crippen LogP contribution in [0.3, 0.4) is 0 Å². The quantitative estimate of drug-likeness (QED) is 0.658. The highest BCUT2D eigenvalue weighted by Gasteiger charge is 2.42. The van der Waals surface area contributed by atoms with Gasteiger partial charge in [0.1, 0.15) is 0 Å². The van der Waals surface area contributed by atoms with Crippen LogP contribution in [0.4, 0.5) is 0 Å². The Kier molecular flexibility index (Phi) is 5.17. The molecule has 1 atom stereocenters. The molecule has 20 heavy (non-hydrogen) atoms. The van der Waals surface area contributed by atoms with Crippen molar-refractivity contribution in [1.82, 2.24) is 4.67 Å². The van der Waals surface area contributed by atoms with Crippen molar-refractivity contribution in [1.29, 1.82) is 0 Å². The third-order valence-corrected chi connectivity index (χ3v) is 4.57. The highest BCUT2D eigenvalue weighted by Crippen LogP contribution is 2.47. The summed E-state index contributed by atoms with van der Waals surface area (Å²) in [4.78, 5) is 31.4. The summed E-state index contributed by atoms with van der Waals surface area (Å²) >= 11 is 5.83. The Bertz CT molecular complexity index is 550. The fraction of sp³-hybridized carbons (Fsp3) is 0.462. The highest BCUT2D eigenvalue weighted by molar-refractivity contribution is 7.49. The number of Topliss-reactive ketones (excluding diaryl/α,β-unsaturated/α-hetero) is 1. The molecule has 0 saturated heterocycles.